The lowest BCUT2D eigenvalue weighted by Gasteiger charge is -2.21. The summed E-state index contributed by atoms with van der Waals surface area (Å²) in [5, 5.41) is 20.8. The van der Waals surface area contributed by atoms with Gasteiger partial charge in [0.2, 0.25) is 0 Å². The first kappa shape index (κ1) is 121. The number of rotatable bonds is 95. The van der Waals surface area contributed by atoms with Crippen LogP contribution in [0.3, 0.4) is 0 Å². The highest BCUT2D eigenvalue weighted by molar-refractivity contribution is 7.47. The quantitative estimate of drug-likeness (QED) is 0.0146. The lowest BCUT2D eigenvalue weighted by Crippen LogP contribution is -2.30. The van der Waals surface area contributed by atoms with Crippen molar-refractivity contribution in [1.29, 1.82) is 0 Å². The van der Waals surface area contributed by atoms with Crippen LogP contribution in [-0.4, -0.2) is 95.9 Å². The van der Waals surface area contributed by atoms with Crippen LogP contribution in [0.25, 0.3) is 0 Å². The molecule has 0 aliphatic rings. The molecule has 0 aliphatic carbocycles. The van der Waals surface area contributed by atoms with Gasteiger partial charge in [-0.2, -0.15) is 0 Å². The van der Waals surface area contributed by atoms with E-state index in [1.807, 2.05) is 0 Å². The average molecular weight is 1810 g/mol. The van der Waals surface area contributed by atoms with Gasteiger partial charge in [0.1, 0.15) is 25.4 Å². The molecule has 16 nitrogen and oxygen atoms in total. The highest BCUT2D eigenvalue weighted by Crippen LogP contribution is 2.45. The second-order valence-corrected chi connectivity index (χ2v) is 36.4. The number of esters is 3. The molecule has 5 atom stereocenters. The normalized spacial score (nSPS) is 14.5. The molecular formula is C109H184O16P2. The van der Waals surface area contributed by atoms with Crippen molar-refractivity contribution in [3.63, 3.8) is 0 Å². The third-order valence-electron chi connectivity index (χ3n) is 21.3. The fourth-order valence-electron chi connectivity index (χ4n) is 13.8. The van der Waals surface area contributed by atoms with E-state index in [0.29, 0.717) is 19.3 Å². The molecule has 0 amide bonds. The highest BCUT2D eigenvalue weighted by Gasteiger charge is 2.30. The zero-order chi connectivity index (χ0) is 92.1. The Morgan fingerprint density at radius 1 is 0.220 bits per heavy atom. The van der Waals surface area contributed by atoms with Crippen molar-refractivity contribution in [2.45, 2.75) is 437 Å². The number of carbonyl (C=O) groups excluding carboxylic acids is 3. The molecule has 0 aromatic rings. The Bertz CT molecular complexity index is 3090. The van der Waals surface area contributed by atoms with Gasteiger partial charge in [-0.1, -0.05) is 434 Å². The molecule has 0 saturated carbocycles. The number of allylic oxidation sites excluding steroid dienone is 32. The van der Waals surface area contributed by atoms with Gasteiger partial charge in [0.15, 0.2) is 6.10 Å². The highest BCUT2D eigenvalue weighted by atomic mass is 31.2. The van der Waals surface area contributed by atoms with Gasteiger partial charge < -0.3 is 34.2 Å². The van der Waals surface area contributed by atoms with E-state index < -0.39 is 91.5 Å². The van der Waals surface area contributed by atoms with Crippen LogP contribution in [-0.2, 0) is 55.8 Å². The molecule has 5 unspecified atom stereocenters. The Morgan fingerprint density at radius 3 is 0.622 bits per heavy atom. The summed E-state index contributed by atoms with van der Waals surface area (Å²) in [7, 11) is -9.82. The lowest BCUT2D eigenvalue weighted by atomic mass is 10.0. The first-order valence-corrected chi connectivity index (χ1v) is 53.7. The number of aliphatic hydroxyl groups is 2. The Morgan fingerprint density at radius 2 is 0.394 bits per heavy atom. The van der Waals surface area contributed by atoms with E-state index in [2.05, 4.69) is 215 Å². The van der Waals surface area contributed by atoms with Crippen molar-refractivity contribution in [1.82, 2.24) is 0 Å². The minimum atomic E-state index is -4.95. The van der Waals surface area contributed by atoms with Crippen LogP contribution in [0.4, 0.5) is 0 Å². The van der Waals surface area contributed by atoms with Crippen LogP contribution in [0.5, 0.6) is 0 Å². The number of hydrogen-bond donors (Lipinski definition) is 4. The number of phosphoric acid groups is 2. The average Bonchev–Trinajstić information content (AvgIpc) is 0.899. The van der Waals surface area contributed by atoms with Gasteiger partial charge in [0, 0.05) is 19.3 Å². The maximum absolute atomic E-state index is 13.1. The van der Waals surface area contributed by atoms with Crippen molar-refractivity contribution in [3.05, 3.63) is 194 Å². The molecule has 18 heteroatoms. The molecule has 127 heavy (non-hydrogen) atoms. The van der Waals surface area contributed by atoms with Crippen LogP contribution in [0, 0.1) is 0 Å². The fraction of sp³-hybridized carbons (Fsp3) is 0.679. The summed E-state index contributed by atoms with van der Waals surface area (Å²) in [6, 6.07) is 0. The molecule has 0 aromatic carbocycles. The zero-order valence-corrected chi connectivity index (χ0v) is 82.2. The number of hydrogen-bond acceptors (Lipinski definition) is 14. The number of ether oxygens (including phenoxy) is 3. The van der Waals surface area contributed by atoms with E-state index in [4.69, 9.17) is 32.3 Å². The van der Waals surface area contributed by atoms with Crippen LogP contribution in [0.1, 0.15) is 419 Å². The van der Waals surface area contributed by atoms with Crippen LogP contribution in [0.15, 0.2) is 194 Å². The van der Waals surface area contributed by atoms with E-state index in [9.17, 15) is 43.5 Å². The molecule has 0 aliphatic heterocycles. The minimum Gasteiger partial charge on any atom is -0.463 e. The minimum absolute atomic E-state index is 0.0934. The molecule has 4 N–H and O–H groups in total. The molecule has 0 radical (unpaired) electrons. The molecular weight excluding hydrogens is 1630 g/mol. The van der Waals surface area contributed by atoms with Crippen molar-refractivity contribution >= 4 is 33.6 Å². The Balaban J connectivity index is 4.60. The molecule has 0 aromatic heterocycles. The Kier molecular flexibility index (Phi) is 95.0. The predicted octanol–water partition coefficient (Wildman–Crippen LogP) is 32.1. The lowest BCUT2D eigenvalue weighted by molar-refractivity contribution is -0.161. The van der Waals surface area contributed by atoms with Crippen molar-refractivity contribution in [2.24, 2.45) is 0 Å². The second-order valence-electron chi connectivity index (χ2n) is 33.5. The summed E-state index contributed by atoms with van der Waals surface area (Å²) in [4.78, 5) is 59.2. The van der Waals surface area contributed by atoms with Crippen LogP contribution in [0.2, 0.25) is 0 Å². The van der Waals surface area contributed by atoms with Gasteiger partial charge >= 0.3 is 33.6 Å². The number of unbranched alkanes of at least 4 members (excludes halogenated alkanes) is 40. The summed E-state index contributed by atoms with van der Waals surface area (Å²) < 4.78 is 61.7. The standard InChI is InChI=1S/C109H184O16P2/c1-4-7-10-13-16-19-22-25-28-31-34-37-40-43-45-47-49-51-53-55-57-60-62-65-68-71-74-77-80-83-86-89-92-95-107(112)119-98-104(110)99-121-126(115,116)122-100-105(111)101-123-127(117,118)124-103-106(125-109(114)97-94-91-88-85-82-79-76-73-70-67-64-59-42-39-36-33-30-27-24-21-18-15-12-9-6-3)102-120-108(113)96-93-90-87-84-81-78-75-72-69-66-63-61-58-56-54-52-50-48-46-44-41-38-35-32-29-26-23-20-17-14-11-8-5-2/h7-12,16-21,25-30,34-39,43-46,49,51,59,64,104-106,110-111H,4-6,13-15,22-24,31-33,40-42,47-48,50,52-58,60-63,65-103H2,1-3H3,(H,115,116)(H,117,118)/b10-7-,11-8-,12-9-,19-16-,20-17-,21-18-,28-25-,29-26-,30-27-,37-34-,38-35-,39-36-,45-43-,46-44-,51-49-,64-59-. The number of phosphoric ester groups is 2. The van der Waals surface area contributed by atoms with E-state index >= 15 is 0 Å². The topological polar surface area (TPSA) is 231 Å². The first-order chi connectivity index (χ1) is 62.2. The maximum atomic E-state index is 13.1. The molecule has 0 fully saturated rings. The third kappa shape index (κ3) is 101. The number of aliphatic hydroxyl groups excluding tert-OH is 2. The maximum Gasteiger partial charge on any atom is 0.472 e. The second kappa shape index (κ2) is 99.4. The van der Waals surface area contributed by atoms with Gasteiger partial charge in [-0.25, -0.2) is 9.13 Å². The Labute approximate surface area is 776 Å². The zero-order valence-electron chi connectivity index (χ0n) is 80.4. The summed E-state index contributed by atoms with van der Waals surface area (Å²) in [6.07, 6.45) is 133. The molecule has 0 heterocycles. The van der Waals surface area contributed by atoms with Gasteiger partial charge in [0.05, 0.1) is 26.4 Å². The monoisotopic (exact) mass is 1810 g/mol. The largest absolute Gasteiger partial charge is 0.472 e. The van der Waals surface area contributed by atoms with Crippen molar-refractivity contribution in [3.8, 4) is 0 Å². The van der Waals surface area contributed by atoms with Gasteiger partial charge in [-0.15, -0.1) is 0 Å². The van der Waals surface area contributed by atoms with Gasteiger partial charge in [-0.3, -0.25) is 32.5 Å². The summed E-state index contributed by atoms with van der Waals surface area (Å²) in [6.45, 7) is 2.40. The van der Waals surface area contributed by atoms with Gasteiger partial charge in [0.25, 0.3) is 0 Å². The molecule has 0 bridgehead atoms. The predicted molar refractivity (Wildman–Crippen MR) is 537 cm³/mol. The van der Waals surface area contributed by atoms with E-state index in [1.165, 1.54) is 180 Å². The summed E-state index contributed by atoms with van der Waals surface area (Å²) >= 11 is 0. The van der Waals surface area contributed by atoms with Crippen LogP contribution >= 0.6 is 15.6 Å². The van der Waals surface area contributed by atoms with Crippen molar-refractivity contribution < 1.29 is 75.8 Å². The summed E-state index contributed by atoms with van der Waals surface area (Å²) in [5.41, 5.74) is 0. The van der Waals surface area contributed by atoms with Gasteiger partial charge in [-0.05, 0) is 161 Å². The molecule has 0 saturated heterocycles. The smallest absolute Gasteiger partial charge is 0.463 e. The fourth-order valence-corrected chi connectivity index (χ4v) is 15.3. The van der Waals surface area contributed by atoms with E-state index in [1.54, 1.807) is 0 Å². The van der Waals surface area contributed by atoms with Crippen LogP contribution < -0.4 is 0 Å². The molecule has 726 valence electrons. The number of carbonyl (C=O) groups is 3. The Hall–Kier alpha value is -5.61. The SMILES string of the molecule is CC/C=C\C/C=C\C/C=C\C/C=C\C/C=C\C/C=C\CCCCCCCCCCCCCCCCC(=O)OCC(O)COP(=O)(O)OCC(O)COP(=O)(O)OCC(COC(=O)CCCCCCCCCCCCCCCCCCC/C=C\C/C=C\C/C=C\C/C=C\C/C=C\CC)OC(=O)CCCCCCCCCCC/C=C\C/C=C\C/C=C\C/C=C\C/C=C\CC. The summed E-state index contributed by atoms with van der Waals surface area (Å²) in [5.74, 6) is -1.57. The third-order valence-corrected chi connectivity index (χ3v) is 23.2. The van der Waals surface area contributed by atoms with Crippen molar-refractivity contribution in [2.75, 3.05) is 39.6 Å². The molecule has 0 rings (SSSR count). The van der Waals surface area contributed by atoms with E-state index in [-0.39, 0.29) is 19.3 Å². The first-order valence-electron chi connectivity index (χ1n) is 50.7. The van der Waals surface area contributed by atoms with E-state index in [0.717, 1.165) is 180 Å². The molecule has 0 spiro atoms.